The van der Waals surface area contributed by atoms with Crippen molar-refractivity contribution >= 4 is 21.8 Å². The van der Waals surface area contributed by atoms with Gasteiger partial charge in [-0.05, 0) is 73.8 Å². The number of nitrogens with zero attached hydrogens (tertiary/aromatic N) is 1. The molecule has 178 valence electrons. The maximum Gasteiger partial charge on any atom is 0.0495 e. The normalized spacial score (nSPS) is 11.8. The number of hydrogen-bond acceptors (Lipinski definition) is 0. The van der Waals surface area contributed by atoms with Crippen LogP contribution in [0.5, 0.6) is 0 Å². The van der Waals surface area contributed by atoms with E-state index in [1.165, 1.54) is 77.4 Å². The lowest BCUT2D eigenvalue weighted by atomic mass is 9.80. The van der Waals surface area contributed by atoms with Crippen LogP contribution in [-0.2, 0) is 7.05 Å². The highest BCUT2D eigenvalue weighted by atomic mass is 14.9. The average molecular weight is 484 g/mol. The summed E-state index contributed by atoms with van der Waals surface area (Å²) in [7, 11) is 2.17. The largest absolute Gasteiger partial charge is 0.344 e. The van der Waals surface area contributed by atoms with Crippen LogP contribution in [-0.4, -0.2) is 4.57 Å². The van der Waals surface area contributed by atoms with E-state index in [1.807, 2.05) is 0 Å². The fraction of sp³-hybridized carbons (Fsp3) is 0.0270. The Morgan fingerprint density at radius 2 is 0.816 bits per heavy atom. The molecule has 0 spiro atoms. The molecule has 0 radical (unpaired) electrons. The van der Waals surface area contributed by atoms with Crippen molar-refractivity contribution in [1.29, 1.82) is 0 Å². The average Bonchev–Trinajstić information content (AvgIpc) is 3.28. The molecular formula is C37H25N. The van der Waals surface area contributed by atoms with Gasteiger partial charge in [0.1, 0.15) is 0 Å². The Morgan fingerprint density at radius 3 is 1.42 bits per heavy atom. The Bertz CT molecular complexity index is 2030. The number of benzene rings is 6. The van der Waals surface area contributed by atoms with E-state index in [9.17, 15) is 0 Å². The van der Waals surface area contributed by atoms with Crippen LogP contribution >= 0.6 is 0 Å². The SMILES string of the molecule is Cn1c2ccccc2c2c(-c3ccc4c(c3)-c3ccccc3-c3ccccc3-c3ccccc3-4)cccc21. The van der Waals surface area contributed by atoms with Gasteiger partial charge in [0, 0.05) is 28.9 Å². The molecule has 0 aliphatic heterocycles. The first-order chi connectivity index (χ1) is 18.8. The Hall–Kier alpha value is -4.88. The first kappa shape index (κ1) is 21.2. The third kappa shape index (κ3) is 2.93. The van der Waals surface area contributed by atoms with E-state index in [0.717, 1.165) is 0 Å². The molecule has 0 atom stereocenters. The summed E-state index contributed by atoms with van der Waals surface area (Å²) >= 11 is 0. The second-order valence-electron chi connectivity index (χ2n) is 10.2. The summed E-state index contributed by atoms with van der Waals surface area (Å²) in [5.74, 6) is 0. The molecule has 1 nitrogen and oxygen atoms in total. The minimum Gasteiger partial charge on any atom is -0.344 e. The molecule has 0 saturated carbocycles. The highest BCUT2D eigenvalue weighted by Gasteiger charge is 2.22. The molecule has 7 aromatic rings. The van der Waals surface area contributed by atoms with Crippen molar-refractivity contribution in [3.63, 3.8) is 0 Å². The van der Waals surface area contributed by atoms with Crippen molar-refractivity contribution in [3.05, 3.63) is 133 Å². The quantitative estimate of drug-likeness (QED) is 0.219. The van der Waals surface area contributed by atoms with E-state index in [4.69, 9.17) is 0 Å². The summed E-state index contributed by atoms with van der Waals surface area (Å²) in [6.45, 7) is 0. The third-order valence-corrected chi connectivity index (χ3v) is 8.21. The molecule has 0 amide bonds. The van der Waals surface area contributed by atoms with E-state index in [1.54, 1.807) is 0 Å². The number of aromatic nitrogens is 1. The summed E-state index contributed by atoms with van der Waals surface area (Å²) in [5, 5.41) is 2.61. The van der Waals surface area contributed by atoms with Crippen LogP contribution in [0.2, 0.25) is 0 Å². The monoisotopic (exact) mass is 483 g/mol. The maximum absolute atomic E-state index is 2.41. The Kier molecular flexibility index (Phi) is 4.50. The summed E-state index contributed by atoms with van der Waals surface area (Å²) < 4.78 is 2.31. The second-order valence-corrected chi connectivity index (χ2v) is 10.2. The van der Waals surface area contributed by atoms with Gasteiger partial charge < -0.3 is 4.57 Å². The molecule has 38 heavy (non-hydrogen) atoms. The van der Waals surface area contributed by atoms with Crippen LogP contribution in [0.15, 0.2) is 133 Å². The molecule has 6 aromatic carbocycles. The molecule has 8 rings (SSSR count). The van der Waals surface area contributed by atoms with Crippen molar-refractivity contribution in [2.45, 2.75) is 0 Å². The standard InChI is InChI=1S/C37H25N/c1-38-35-19-9-8-17-33(35)37-25(18-10-20-36(37)38)24-21-22-32-30-15-5-4-13-28(30)26-11-2-3-12-27(26)29-14-6-7-16-31(29)34(32)23-24/h2-23H,1H3. The van der Waals surface area contributed by atoms with Crippen molar-refractivity contribution in [2.75, 3.05) is 0 Å². The smallest absolute Gasteiger partial charge is 0.0495 e. The van der Waals surface area contributed by atoms with Gasteiger partial charge in [0.25, 0.3) is 0 Å². The van der Waals surface area contributed by atoms with Crippen molar-refractivity contribution in [1.82, 2.24) is 4.57 Å². The Balaban J connectivity index is 1.47. The lowest BCUT2D eigenvalue weighted by Crippen LogP contribution is -1.97. The van der Waals surface area contributed by atoms with Gasteiger partial charge in [-0.2, -0.15) is 0 Å². The minimum atomic E-state index is 1.24. The van der Waals surface area contributed by atoms with E-state index in [-0.39, 0.29) is 0 Å². The van der Waals surface area contributed by atoms with E-state index in [0.29, 0.717) is 0 Å². The van der Waals surface area contributed by atoms with E-state index in [2.05, 4.69) is 145 Å². The molecule has 0 fully saturated rings. The van der Waals surface area contributed by atoms with Gasteiger partial charge in [-0.1, -0.05) is 115 Å². The fourth-order valence-electron chi connectivity index (χ4n) is 6.48. The second kappa shape index (κ2) is 8.06. The number of para-hydroxylation sites is 1. The number of aryl methyl sites for hydroxylation is 1. The lowest BCUT2D eigenvalue weighted by Gasteiger charge is -2.23. The van der Waals surface area contributed by atoms with Crippen LogP contribution in [0.4, 0.5) is 0 Å². The third-order valence-electron chi connectivity index (χ3n) is 8.21. The summed E-state index contributed by atoms with van der Waals surface area (Å²) in [4.78, 5) is 0. The molecule has 1 aliphatic rings. The predicted molar refractivity (Wildman–Crippen MR) is 161 cm³/mol. The van der Waals surface area contributed by atoms with Gasteiger partial charge in [0.15, 0.2) is 0 Å². The summed E-state index contributed by atoms with van der Waals surface area (Å²) in [6, 6.07) is 49.0. The molecule has 1 aliphatic carbocycles. The molecule has 0 bridgehead atoms. The van der Waals surface area contributed by atoms with Crippen LogP contribution in [0.25, 0.3) is 77.4 Å². The topological polar surface area (TPSA) is 4.93 Å². The van der Waals surface area contributed by atoms with Gasteiger partial charge in [0.05, 0.1) is 0 Å². The Labute approximate surface area is 222 Å². The first-order valence-electron chi connectivity index (χ1n) is 13.2. The summed E-state index contributed by atoms with van der Waals surface area (Å²) in [6.07, 6.45) is 0. The van der Waals surface area contributed by atoms with Gasteiger partial charge in [-0.15, -0.1) is 0 Å². The van der Waals surface area contributed by atoms with Crippen molar-refractivity contribution in [3.8, 4) is 55.6 Å². The Morgan fingerprint density at radius 1 is 0.368 bits per heavy atom. The zero-order chi connectivity index (χ0) is 25.2. The maximum atomic E-state index is 2.41. The van der Waals surface area contributed by atoms with Crippen LogP contribution in [0, 0.1) is 0 Å². The van der Waals surface area contributed by atoms with Gasteiger partial charge in [-0.25, -0.2) is 0 Å². The zero-order valence-electron chi connectivity index (χ0n) is 21.1. The molecule has 0 N–H and O–H groups in total. The zero-order valence-corrected chi connectivity index (χ0v) is 21.1. The predicted octanol–water partition coefficient (Wildman–Crippen LogP) is 9.98. The lowest BCUT2D eigenvalue weighted by molar-refractivity contribution is 1.01. The van der Waals surface area contributed by atoms with Crippen LogP contribution in [0.3, 0.4) is 0 Å². The van der Waals surface area contributed by atoms with E-state index < -0.39 is 0 Å². The number of rotatable bonds is 1. The van der Waals surface area contributed by atoms with Gasteiger partial charge >= 0.3 is 0 Å². The molecular weight excluding hydrogens is 458 g/mol. The molecule has 0 saturated heterocycles. The number of hydrogen-bond donors (Lipinski definition) is 0. The fourth-order valence-corrected chi connectivity index (χ4v) is 6.48. The van der Waals surface area contributed by atoms with Crippen molar-refractivity contribution < 1.29 is 0 Å². The van der Waals surface area contributed by atoms with Crippen molar-refractivity contribution in [2.24, 2.45) is 7.05 Å². The van der Waals surface area contributed by atoms with Crippen LogP contribution < -0.4 is 0 Å². The molecule has 1 aromatic heterocycles. The summed E-state index contributed by atoms with van der Waals surface area (Å²) in [5.41, 5.74) is 15.3. The highest BCUT2D eigenvalue weighted by Crippen LogP contribution is 2.48. The molecule has 1 heterocycles. The minimum absolute atomic E-state index is 1.24. The van der Waals surface area contributed by atoms with Gasteiger partial charge in [-0.3, -0.25) is 0 Å². The van der Waals surface area contributed by atoms with E-state index >= 15 is 0 Å². The molecule has 1 heteroatoms. The molecule has 0 unspecified atom stereocenters. The van der Waals surface area contributed by atoms with Gasteiger partial charge in [0.2, 0.25) is 0 Å². The number of fused-ring (bicyclic) bond motifs is 11. The van der Waals surface area contributed by atoms with Crippen LogP contribution in [0.1, 0.15) is 0 Å². The highest BCUT2D eigenvalue weighted by molar-refractivity contribution is 6.15. The first-order valence-corrected chi connectivity index (χ1v) is 13.2.